The van der Waals surface area contributed by atoms with Crippen LogP contribution in [0.4, 0.5) is 5.69 Å². The van der Waals surface area contributed by atoms with Gasteiger partial charge in [0.15, 0.2) is 0 Å². The van der Waals surface area contributed by atoms with Gasteiger partial charge in [-0.05, 0) is 18.2 Å². The third kappa shape index (κ3) is 2.20. The lowest BCUT2D eigenvalue weighted by atomic mass is 10.3. The molecule has 22 heavy (non-hydrogen) atoms. The third-order valence-electron chi connectivity index (χ3n) is 3.01. The fraction of sp³-hybridized carbons (Fsp3) is 0. The van der Waals surface area contributed by atoms with E-state index in [1.807, 2.05) is 0 Å². The Kier molecular flexibility index (Phi) is 3.30. The van der Waals surface area contributed by atoms with Gasteiger partial charge in [-0.2, -0.15) is 3.97 Å². The van der Waals surface area contributed by atoms with E-state index in [2.05, 4.69) is 0 Å². The highest BCUT2D eigenvalue weighted by molar-refractivity contribution is 7.90. The molecular weight excluding hydrogens is 328 g/mol. The summed E-state index contributed by atoms with van der Waals surface area (Å²) in [5.74, 6) is 0. The van der Waals surface area contributed by atoms with Gasteiger partial charge in [-0.3, -0.25) is 14.9 Å². The van der Waals surface area contributed by atoms with E-state index < -0.39 is 19.8 Å². The molecule has 0 atom stereocenters. The van der Waals surface area contributed by atoms with Gasteiger partial charge in [0.25, 0.3) is 15.7 Å². The Morgan fingerprint density at radius 2 is 1.82 bits per heavy atom. The van der Waals surface area contributed by atoms with E-state index in [9.17, 15) is 23.3 Å². The minimum Gasteiger partial charge on any atom is -0.258 e. The van der Waals surface area contributed by atoms with Crippen molar-refractivity contribution in [1.29, 1.82) is 0 Å². The SMILES string of the molecule is O=c1sc2ccccc2n1S(=O)(=O)c1cccc([N+](=O)[O-])c1. The van der Waals surface area contributed by atoms with Gasteiger partial charge in [0, 0.05) is 12.1 Å². The first kappa shape index (κ1) is 14.4. The van der Waals surface area contributed by atoms with Crippen molar-refractivity contribution in [2.45, 2.75) is 4.90 Å². The van der Waals surface area contributed by atoms with E-state index in [-0.39, 0.29) is 16.1 Å². The molecule has 9 heteroatoms. The van der Waals surface area contributed by atoms with Crippen molar-refractivity contribution in [2.75, 3.05) is 0 Å². The van der Waals surface area contributed by atoms with E-state index >= 15 is 0 Å². The van der Waals surface area contributed by atoms with Gasteiger partial charge >= 0.3 is 4.87 Å². The van der Waals surface area contributed by atoms with Crippen molar-refractivity contribution in [3.63, 3.8) is 0 Å². The molecule has 0 N–H and O–H groups in total. The molecule has 0 saturated carbocycles. The number of thiazole rings is 1. The van der Waals surface area contributed by atoms with Gasteiger partial charge < -0.3 is 0 Å². The van der Waals surface area contributed by atoms with Gasteiger partial charge in [-0.15, -0.1) is 0 Å². The predicted octanol–water partition coefficient (Wildman–Crippen LogP) is 2.21. The molecule has 3 rings (SSSR count). The van der Waals surface area contributed by atoms with Crippen LogP contribution in [-0.4, -0.2) is 17.3 Å². The molecule has 3 aromatic rings. The number of non-ortho nitro benzene ring substituents is 1. The summed E-state index contributed by atoms with van der Waals surface area (Å²) in [6, 6.07) is 11.1. The lowest BCUT2D eigenvalue weighted by Gasteiger charge is -2.05. The monoisotopic (exact) mass is 336 g/mol. The van der Waals surface area contributed by atoms with E-state index in [1.54, 1.807) is 18.2 Å². The van der Waals surface area contributed by atoms with Gasteiger partial charge in [0.2, 0.25) is 0 Å². The summed E-state index contributed by atoms with van der Waals surface area (Å²) in [5.41, 5.74) is -0.0994. The highest BCUT2D eigenvalue weighted by Gasteiger charge is 2.24. The molecule has 0 saturated heterocycles. The van der Waals surface area contributed by atoms with Crippen LogP contribution < -0.4 is 4.87 Å². The summed E-state index contributed by atoms with van der Waals surface area (Å²) in [6.07, 6.45) is 0. The molecule has 112 valence electrons. The quantitative estimate of drug-likeness (QED) is 0.539. The Morgan fingerprint density at radius 3 is 2.55 bits per heavy atom. The molecule has 0 fully saturated rings. The zero-order valence-electron chi connectivity index (χ0n) is 10.9. The average Bonchev–Trinajstić information content (AvgIpc) is 2.83. The van der Waals surface area contributed by atoms with Crippen molar-refractivity contribution in [2.24, 2.45) is 0 Å². The predicted molar refractivity (Wildman–Crippen MR) is 81.8 cm³/mol. The molecule has 0 unspecified atom stereocenters. The molecule has 0 bridgehead atoms. The number of nitro groups is 1. The van der Waals surface area contributed by atoms with E-state index in [0.29, 0.717) is 8.67 Å². The summed E-state index contributed by atoms with van der Waals surface area (Å²) in [5, 5.41) is 10.8. The van der Waals surface area contributed by atoms with E-state index in [4.69, 9.17) is 0 Å². The van der Waals surface area contributed by atoms with Crippen LogP contribution in [0.5, 0.6) is 0 Å². The maximum absolute atomic E-state index is 12.7. The largest absolute Gasteiger partial charge is 0.322 e. The van der Waals surface area contributed by atoms with Crippen molar-refractivity contribution in [3.05, 3.63) is 68.3 Å². The number of para-hydroxylation sites is 1. The topological polar surface area (TPSA) is 99.3 Å². The van der Waals surface area contributed by atoms with Crippen molar-refractivity contribution < 1.29 is 13.3 Å². The van der Waals surface area contributed by atoms with Crippen LogP contribution in [0, 0.1) is 10.1 Å². The minimum absolute atomic E-state index is 0.254. The van der Waals surface area contributed by atoms with Gasteiger partial charge in [0.1, 0.15) is 0 Å². The number of benzene rings is 2. The second-order valence-electron chi connectivity index (χ2n) is 4.36. The Balaban J connectivity index is 2.30. The van der Waals surface area contributed by atoms with Crippen molar-refractivity contribution >= 4 is 37.3 Å². The smallest absolute Gasteiger partial charge is 0.258 e. The summed E-state index contributed by atoms with van der Waals surface area (Å²) in [6.45, 7) is 0. The van der Waals surface area contributed by atoms with Crippen molar-refractivity contribution in [1.82, 2.24) is 3.97 Å². The molecule has 0 aliphatic carbocycles. The normalized spacial score (nSPS) is 11.6. The fourth-order valence-electron chi connectivity index (χ4n) is 2.04. The van der Waals surface area contributed by atoms with Crippen LogP contribution in [0.25, 0.3) is 10.2 Å². The highest BCUT2D eigenvalue weighted by atomic mass is 32.2. The van der Waals surface area contributed by atoms with Gasteiger partial charge in [0.05, 0.1) is 20.0 Å². The minimum atomic E-state index is -4.20. The molecule has 0 amide bonds. The molecular formula is C13H8N2O5S2. The maximum Gasteiger partial charge on any atom is 0.322 e. The molecule has 2 aromatic carbocycles. The van der Waals surface area contributed by atoms with Crippen molar-refractivity contribution in [3.8, 4) is 0 Å². The molecule has 1 heterocycles. The van der Waals surface area contributed by atoms with Gasteiger partial charge in [-0.25, -0.2) is 8.42 Å². The number of rotatable bonds is 3. The number of hydrogen-bond donors (Lipinski definition) is 0. The first-order valence-corrected chi connectivity index (χ1v) is 8.27. The molecule has 7 nitrogen and oxygen atoms in total. The summed E-state index contributed by atoms with van der Waals surface area (Å²) in [4.78, 5) is 21.2. The molecule has 1 aromatic heterocycles. The number of hydrogen-bond acceptors (Lipinski definition) is 6. The summed E-state index contributed by atoms with van der Waals surface area (Å²) < 4.78 is 26.5. The van der Waals surface area contributed by atoms with Crippen LogP contribution in [-0.2, 0) is 10.0 Å². The lowest BCUT2D eigenvalue weighted by molar-refractivity contribution is -0.385. The lowest BCUT2D eigenvalue weighted by Crippen LogP contribution is -2.22. The first-order valence-electron chi connectivity index (χ1n) is 6.02. The molecule has 0 spiro atoms. The number of nitrogens with zero attached hydrogens (tertiary/aromatic N) is 2. The van der Waals surface area contributed by atoms with Crippen LogP contribution in [0.15, 0.2) is 58.2 Å². The zero-order chi connectivity index (χ0) is 15.9. The first-order chi connectivity index (χ1) is 10.4. The Hall–Kier alpha value is -2.52. The van der Waals surface area contributed by atoms with Crippen LogP contribution in [0.2, 0.25) is 0 Å². The molecule has 0 aliphatic heterocycles. The van der Waals surface area contributed by atoms with E-state index in [0.717, 1.165) is 17.4 Å². The number of aromatic nitrogens is 1. The Labute approximate surface area is 128 Å². The zero-order valence-corrected chi connectivity index (χ0v) is 12.5. The second kappa shape index (κ2) is 5.04. The Morgan fingerprint density at radius 1 is 1.09 bits per heavy atom. The fourth-order valence-corrected chi connectivity index (χ4v) is 4.62. The van der Waals surface area contributed by atoms with Crippen LogP contribution in [0.1, 0.15) is 0 Å². The van der Waals surface area contributed by atoms with E-state index in [1.165, 1.54) is 24.3 Å². The van der Waals surface area contributed by atoms with Crippen LogP contribution >= 0.6 is 11.3 Å². The summed E-state index contributed by atoms with van der Waals surface area (Å²) in [7, 11) is -4.20. The van der Waals surface area contributed by atoms with Crippen LogP contribution in [0.3, 0.4) is 0 Å². The van der Waals surface area contributed by atoms with Gasteiger partial charge in [-0.1, -0.05) is 29.5 Å². The standard InChI is InChI=1S/C13H8N2O5S2/c16-13-14(11-6-1-2-7-12(11)21-13)22(19,20)10-5-3-4-9(8-10)15(17)18/h1-8H. The number of fused-ring (bicyclic) bond motifs is 1. The Bertz CT molecular complexity index is 1050. The average molecular weight is 336 g/mol. The second-order valence-corrected chi connectivity index (χ2v) is 7.14. The number of nitro benzene ring substituents is 1. The molecule has 0 aliphatic rings. The maximum atomic E-state index is 12.7. The summed E-state index contributed by atoms with van der Waals surface area (Å²) >= 11 is 0.805. The highest BCUT2D eigenvalue weighted by Crippen LogP contribution is 2.24. The molecule has 0 radical (unpaired) electrons. The third-order valence-corrected chi connectivity index (χ3v) is 5.74.